The lowest BCUT2D eigenvalue weighted by atomic mass is 10.0. The van der Waals surface area contributed by atoms with Crippen LogP contribution in [-0.4, -0.2) is 58.9 Å². The maximum atomic E-state index is 13.5. The van der Waals surface area contributed by atoms with Crippen LogP contribution in [0.3, 0.4) is 0 Å². The molecular formula is C25H24F4N6O2S. The van der Waals surface area contributed by atoms with E-state index in [1.54, 1.807) is 10.9 Å². The highest BCUT2D eigenvalue weighted by atomic mass is 32.2. The molecule has 8 nitrogen and oxygen atoms in total. The first-order chi connectivity index (χ1) is 18.0. The van der Waals surface area contributed by atoms with Gasteiger partial charge >= 0.3 is 6.18 Å². The van der Waals surface area contributed by atoms with Crippen LogP contribution in [0.15, 0.2) is 59.6 Å². The van der Waals surface area contributed by atoms with E-state index in [0.29, 0.717) is 30.4 Å². The second-order valence-electron chi connectivity index (χ2n) is 9.14. The van der Waals surface area contributed by atoms with Crippen molar-refractivity contribution >= 4 is 26.6 Å². The number of anilines is 1. The molecule has 3 heterocycles. The second-order valence-corrected chi connectivity index (χ2v) is 11.0. The number of aryl methyl sites for hydroxylation is 1. The monoisotopic (exact) mass is 548 g/mol. The van der Waals surface area contributed by atoms with Gasteiger partial charge in [0.2, 0.25) is 10.0 Å². The second kappa shape index (κ2) is 9.62. The van der Waals surface area contributed by atoms with E-state index in [-0.39, 0.29) is 25.2 Å². The first kappa shape index (κ1) is 26.0. The molecule has 1 aliphatic heterocycles. The molecule has 4 aromatic rings. The predicted molar refractivity (Wildman–Crippen MR) is 133 cm³/mol. The standard InChI is InChI=1S/C25H24F4N6O2S/c1-33(24-19-6-4-3-5-18(19)23(31-32-24)21-9-12-30-34(21)2)17-10-13-35(14-11-17)38(36,37)22-8-7-16(26)15-20(22)25(27,28)29/h3-9,12,15,17H,10-11,13-14H2,1-2H3. The first-order valence-corrected chi connectivity index (χ1v) is 13.3. The van der Waals surface area contributed by atoms with Gasteiger partial charge in [-0.3, -0.25) is 4.68 Å². The van der Waals surface area contributed by atoms with Gasteiger partial charge in [-0.15, -0.1) is 10.2 Å². The molecule has 2 aromatic heterocycles. The molecule has 1 saturated heterocycles. The number of fused-ring (bicyclic) bond motifs is 1. The number of aromatic nitrogens is 4. The molecule has 38 heavy (non-hydrogen) atoms. The molecule has 0 radical (unpaired) electrons. The molecular weight excluding hydrogens is 524 g/mol. The molecule has 2 aromatic carbocycles. The molecule has 5 rings (SSSR count). The summed E-state index contributed by atoms with van der Waals surface area (Å²) in [5, 5.41) is 14.9. The van der Waals surface area contributed by atoms with Crippen LogP contribution in [0.2, 0.25) is 0 Å². The van der Waals surface area contributed by atoms with Crippen molar-refractivity contribution in [2.45, 2.75) is 30.0 Å². The number of halogens is 4. The van der Waals surface area contributed by atoms with Crippen molar-refractivity contribution in [1.29, 1.82) is 0 Å². The van der Waals surface area contributed by atoms with Crippen molar-refractivity contribution in [3.63, 3.8) is 0 Å². The molecule has 13 heteroatoms. The van der Waals surface area contributed by atoms with Crippen LogP contribution >= 0.6 is 0 Å². The van der Waals surface area contributed by atoms with E-state index in [0.717, 1.165) is 26.8 Å². The Labute approximate surface area is 216 Å². The van der Waals surface area contributed by atoms with Gasteiger partial charge < -0.3 is 4.90 Å². The van der Waals surface area contributed by atoms with Crippen LogP contribution in [0.1, 0.15) is 18.4 Å². The number of nitrogens with zero attached hydrogens (tertiary/aromatic N) is 6. The van der Waals surface area contributed by atoms with Gasteiger partial charge in [-0.25, -0.2) is 12.8 Å². The van der Waals surface area contributed by atoms with Crippen molar-refractivity contribution in [3.05, 3.63) is 66.1 Å². The Balaban J connectivity index is 1.39. The van der Waals surface area contributed by atoms with Gasteiger partial charge in [0.05, 0.1) is 16.2 Å². The fourth-order valence-corrected chi connectivity index (χ4v) is 6.54. The maximum absolute atomic E-state index is 13.5. The highest BCUT2D eigenvalue weighted by Crippen LogP contribution is 2.37. The Bertz CT molecular complexity index is 1600. The normalized spacial score (nSPS) is 15.7. The van der Waals surface area contributed by atoms with E-state index < -0.39 is 32.5 Å². The average molecular weight is 549 g/mol. The van der Waals surface area contributed by atoms with Crippen molar-refractivity contribution in [2.24, 2.45) is 7.05 Å². The predicted octanol–water partition coefficient (Wildman–Crippen LogP) is 4.48. The highest BCUT2D eigenvalue weighted by molar-refractivity contribution is 7.89. The van der Waals surface area contributed by atoms with E-state index in [1.807, 2.05) is 49.3 Å². The first-order valence-electron chi connectivity index (χ1n) is 11.8. The van der Waals surface area contributed by atoms with E-state index in [1.165, 1.54) is 0 Å². The van der Waals surface area contributed by atoms with Gasteiger partial charge in [-0.05, 0) is 37.1 Å². The molecule has 0 atom stereocenters. The zero-order chi connectivity index (χ0) is 27.2. The summed E-state index contributed by atoms with van der Waals surface area (Å²) in [7, 11) is -0.823. The lowest BCUT2D eigenvalue weighted by Crippen LogP contribution is -2.46. The number of sulfonamides is 1. The summed E-state index contributed by atoms with van der Waals surface area (Å²) >= 11 is 0. The van der Waals surface area contributed by atoms with Gasteiger partial charge in [0.25, 0.3) is 0 Å². The van der Waals surface area contributed by atoms with Crippen molar-refractivity contribution < 1.29 is 26.0 Å². The minimum Gasteiger partial charge on any atom is -0.355 e. The topological polar surface area (TPSA) is 84.2 Å². The Morgan fingerprint density at radius 1 is 1.00 bits per heavy atom. The van der Waals surface area contributed by atoms with E-state index in [9.17, 15) is 26.0 Å². The van der Waals surface area contributed by atoms with Crippen LogP contribution in [0.25, 0.3) is 22.2 Å². The third kappa shape index (κ3) is 4.60. The minimum absolute atomic E-state index is 0.00444. The Morgan fingerprint density at radius 3 is 2.32 bits per heavy atom. The van der Waals surface area contributed by atoms with Crippen molar-refractivity contribution in [1.82, 2.24) is 24.3 Å². The highest BCUT2D eigenvalue weighted by Gasteiger charge is 2.40. The molecule has 200 valence electrons. The summed E-state index contributed by atoms with van der Waals surface area (Å²) < 4.78 is 82.9. The van der Waals surface area contributed by atoms with Gasteiger partial charge in [-0.1, -0.05) is 24.3 Å². The number of hydrogen-bond acceptors (Lipinski definition) is 6. The SMILES string of the molecule is CN(c1nnc(-c2ccnn2C)c2ccccc12)C1CCN(S(=O)(=O)c2ccc(F)cc2C(F)(F)F)CC1. The van der Waals surface area contributed by atoms with E-state index in [4.69, 9.17) is 0 Å². The number of hydrogen-bond donors (Lipinski definition) is 0. The smallest absolute Gasteiger partial charge is 0.355 e. The lowest BCUT2D eigenvalue weighted by Gasteiger charge is -2.37. The van der Waals surface area contributed by atoms with Gasteiger partial charge in [0.1, 0.15) is 11.5 Å². The van der Waals surface area contributed by atoms with Crippen molar-refractivity contribution in [2.75, 3.05) is 25.0 Å². The molecule has 0 N–H and O–H groups in total. The van der Waals surface area contributed by atoms with Gasteiger partial charge in [-0.2, -0.15) is 22.6 Å². The molecule has 1 fully saturated rings. The molecule has 0 saturated carbocycles. The van der Waals surface area contributed by atoms with Crippen LogP contribution < -0.4 is 4.90 Å². The Morgan fingerprint density at radius 2 is 1.68 bits per heavy atom. The number of alkyl halides is 3. The largest absolute Gasteiger partial charge is 0.417 e. The summed E-state index contributed by atoms with van der Waals surface area (Å²) in [6.45, 7) is 0.00888. The van der Waals surface area contributed by atoms with Crippen LogP contribution in [0, 0.1) is 5.82 Å². The molecule has 0 amide bonds. The summed E-state index contributed by atoms with van der Waals surface area (Å²) in [5.41, 5.74) is -0.0223. The molecule has 1 aliphatic rings. The zero-order valence-corrected chi connectivity index (χ0v) is 21.3. The summed E-state index contributed by atoms with van der Waals surface area (Å²) in [6.07, 6.45) is -2.61. The van der Waals surface area contributed by atoms with Gasteiger partial charge in [0.15, 0.2) is 5.82 Å². The Kier molecular flexibility index (Phi) is 6.59. The van der Waals surface area contributed by atoms with E-state index >= 15 is 0 Å². The minimum atomic E-state index is -5.01. The molecule has 0 bridgehead atoms. The number of piperidine rings is 1. The summed E-state index contributed by atoms with van der Waals surface area (Å²) in [4.78, 5) is 0.992. The van der Waals surface area contributed by atoms with E-state index in [2.05, 4.69) is 15.3 Å². The lowest BCUT2D eigenvalue weighted by molar-refractivity contribution is -0.140. The summed E-state index contributed by atoms with van der Waals surface area (Å²) in [5.74, 6) is -0.537. The maximum Gasteiger partial charge on any atom is 0.417 e. The van der Waals surface area contributed by atoms with Crippen LogP contribution in [-0.2, 0) is 23.2 Å². The van der Waals surface area contributed by atoms with Gasteiger partial charge in [0, 0.05) is 50.2 Å². The average Bonchev–Trinajstić information content (AvgIpc) is 3.32. The number of benzene rings is 2. The zero-order valence-electron chi connectivity index (χ0n) is 20.5. The summed E-state index contributed by atoms with van der Waals surface area (Å²) in [6, 6.07) is 11.0. The third-order valence-electron chi connectivity index (χ3n) is 6.90. The van der Waals surface area contributed by atoms with Crippen LogP contribution in [0.5, 0.6) is 0 Å². The quantitative estimate of drug-likeness (QED) is 0.342. The fraction of sp³-hybridized carbons (Fsp3) is 0.320. The molecule has 0 aliphatic carbocycles. The van der Waals surface area contributed by atoms with Crippen LogP contribution in [0.4, 0.5) is 23.4 Å². The molecule has 0 spiro atoms. The van der Waals surface area contributed by atoms with Crippen molar-refractivity contribution in [3.8, 4) is 11.4 Å². The Hall–Kier alpha value is -3.58. The molecule has 0 unspecified atom stereocenters. The third-order valence-corrected chi connectivity index (χ3v) is 8.86. The fourth-order valence-electron chi connectivity index (χ4n) is 4.88. The number of rotatable bonds is 5.